The van der Waals surface area contributed by atoms with Crippen LogP contribution in [0.5, 0.6) is 11.6 Å². The number of rotatable bonds is 8. The van der Waals surface area contributed by atoms with Crippen molar-refractivity contribution in [1.82, 2.24) is 30.1 Å². The van der Waals surface area contributed by atoms with Crippen LogP contribution < -0.4 is 24.8 Å². The summed E-state index contributed by atoms with van der Waals surface area (Å²) < 4.78 is 52.9. The first-order valence-electron chi connectivity index (χ1n) is 23.8. The average Bonchev–Trinajstić information content (AvgIpc) is 4.24. The summed E-state index contributed by atoms with van der Waals surface area (Å²) in [7, 11) is -4.00. The number of carbonyl (C=O) groups excluding carboxylic acids is 4. The summed E-state index contributed by atoms with van der Waals surface area (Å²) in [5.74, 6) is -0.874. The van der Waals surface area contributed by atoms with Gasteiger partial charge in [-0.05, 0) is 95.6 Å². The van der Waals surface area contributed by atoms with Crippen molar-refractivity contribution in [3.63, 3.8) is 0 Å². The Bertz CT molecular complexity index is 2230. The molecule has 0 radical (unpaired) electrons. The highest BCUT2D eigenvalue weighted by Crippen LogP contribution is 2.48. The molecule has 3 saturated carbocycles. The van der Waals surface area contributed by atoms with Gasteiger partial charge in [0, 0.05) is 37.4 Å². The maximum absolute atomic E-state index is 14.8. The van der Waals surface area contributed by atoms with E-state index in [1.54, 1.807) is 6.92 Å². The summed E-state index contributed by atoms with van der Waals surface area (Å²) in [6.45, 7) is 6.26. The Balaban J connectivity index is 1.04. The number of para-hydroxylation sites is 1. The summed E-state index contributed by atoms with van der Waals surface area (Å²) in [4.78, 5) is 66.0. The Hall–Kier alpha value is -4.48. The molecule has 5 heterocycles. The van der Waals surface area contributed by atoms with Crippen LogP contribution in [0.15, 0.2) is 36.4 Å². The van der Waals surface area contributed by atoms with Gasteiger partial charge in [-0.3, -0.25) is 24.0 Å². The average molecular weight is 905 g/mol. The molecule has 4 aliphatic heterocycles. The van der Waals surface area contributed by atoms with Gasteiger partial charge in [0.15, 0.2) is 0 Å². The molecule has 1 aromatic heterocycles. The van der Waals surface area contributed by atoms with Gasteiger partial charge in [0.2, 0.25) is 27.7 Å². The van der Waals surface area contributed by atoms with E-state index in [2.05, 4.69) is 20.3 Å². The molecule has 0 unspecified atom stereocenters. The normalized spacial score (nSPS) is 31.2. The number of carbonyl (C=O) groups is 4. The second-order valence-corrected chi connectivity index (χ2v) is 21.5. The van der Waals surface area contributed by atoms with E-state index in [-0.39, 0.29) is 31.4 Å². The molecule has 16 nitrogen and oxygen atoms in total. The van der Waals surface area contributed by atoms with Gasteiger partial charge in [0.25, 0.3) is 5.91 Å². The lowest BCUT2D eigenvalue weighted by Gasteiger charge is -2.30. The van der Waals surface area contributed by atoms with Crippen molar-refractivity contribution in [3.05, 3.63) is 42.0 Å². The van der Waals surface area contributed by atoms with Gasteiger partial charge in [-0.2, -0.15) is 0 Å². The van der Waals surface area contributed by atoms with Crippen LogP contribution in [0.2, 0.25) is 0 Å². The Kier molecular flexibility index (Phi) is 13.1. The molecule has 1 aromatic carbocycles. The van der Waals surface area contributed by atoms with Crippen LogP contribution in [0, 0.1) is 11.8 Å². The van der Waals surface area contributed by atoms with E-state index in [4.69, 9.17) is 23.9 Å². The molecule has 17 heteroatoms. The maximum atomic E-state index is 14.8. The number of benzene rings is 1. The molecule has 7 aliphatic rings. The number of fused-ring (bicyclic) bond motifs is 6. The number of alkyl carbamates (subject to hydrolysis) is 1. The number of ether oxygens (including phenoxy) is 4. The number of sulfonamides is 1. The Morgan fingerprint density at radius 2 is 1.80 bits per heavy atom. The molecule has 0 spiro atoms. The van der Waals surface area contributed by atoms with Crippen molar-refractivity contribution in [2.45, 2.75) is 144 Å². The van der Waals surface area contributed by atoms with Crippen LogP contribution in [0.25, 0.3) is 10.9 Å². The third kappa shape index (κ3) is 9.86. The minimum absolute atomic E-state index is 0.00773. The first kappa shape index (κ1) is 44.7. The molecule has 4 amide bonds. The number of amides is 4. The highest BCUT2D eigenvalue weighted by atomic mass is 32.2. The minimum atomic E-state index is -4.00. The Morgan fingerprint density at radius 1 is 1.00 bits per heavy atom. The van der Waals surface area contributed by atoms with Crippen LogP contribution in [-0.4, -0.2) is 128 Å². The third-order valence-corrected chi connectivity index (χ3v) is 16.7. The largest absolute Gasteiger partial charge is 0.492 e. The molecule has 3 N–H and O–H groups in total. The van der Waals surface area contributed by atoms with Gasteiger partial charge >= 0.3 is 6.09 Å². The summed E-state index contributed by atoms with van der Waals surface area (Å²) >= 11 is 0. The number of hydrogen-bond donors (Lipinski definition) is 3. The number of nitrogens with one attached hydrogen (secondary N) is 3. The molecular formula is C47H64N6O10S. The van der Waals surface area contributed by atoms with Crippen LogP contribution in [0.3, 0.4) is 0 Å². The third-order valence-electron chi connectivity index (χ3n) is 14.5. The van der Waals surface area contributed by atoms with Crippen molar-refractivity contribution in [3.8, 4) is 11.6 Å². The van der Waals surface area contributed by atoms with E-state index in [1.807, 2.05) is 36.4 Å². The first-order chi connectivity index (χ1) is 30.9. The SMILES string of the molecule is CC1(S(=O)(=O)NC(=O)[C@@]23C[C@H]2C=CCCCCC[C@@H]2NC(=O)O[C@@H]4C[C@H]4CCCCCc4c(nc5ccccc5c4OCCCN4CCOCC4)O[C@@H]4C[C@@H](C(=O)N3)N(C4)C2=O)CC1. The highest BCUT2D eigenvalue weighted by Gasteiger charge is 2.63. The zero-order valence-corrected chi connectivity index (χ0v) is 37.8. The number of hydrogen-bond acceptors (Lipinski definition) is 12. The van der Waals surface area contributed by atoms with Crippen molar-refractivity contribution in [2.24, 2.45) is 11.8 Å². The van der Waals surface area contributed by atoms with E-state index in [0.29, 0.717) is 56.5 Å². The molecular weight excluding hydrogens is 841 g/mol. The molecule has 5 fully saturated rings. The van der Waals surface area contributed by atoms with E-state index < -0.39 is 68.2 Å². The lowest BCUT2D eigenvalue weighted by Crippen LogP contribution is -2.58. The topological polar surface area (TPSA) is 195 Å². The lowest BCUT2D eigenvalue weighted by atomic mass is 10.0. The van der Waals surface area contributed by atoms with Crippen molar-refractivity contribution < 1.29 is 46.5 Å². The lowest BCUT2D eigenvalue weighted by molar-refractivity contribution is -0.141. The van der Waals surface area contributed by atoms with E-state index in [0.717, 1.165) is 101 Å². The molecule has 7 atom stereocenters. The van der Waals surface area contributed by atoms with Crippen LogP contribution >= 0.6 is 0 Å². The highest BCUT2D eigenvalue weighted by molar-refractivity contribution is 7.91. The number of aromatic nitrogens is 1. The summed E-state index contributed by atoms with van der Waals surface area (Å²) in [5, 5.41) is 6.72. The van der Waals surface area contributed by atoms with E-state index >= 15 is 0 Å². The van der Waals surface area contributed by atoms with Crippen LogP contribution in [0.4, 0.5) is 4.79 Å². The molecule has 348 valence electrons. The number of morpholine rings is 1. The van der Waals surface area contributed by atoms with Crippen LogP contribution in [-0.2, 0) is 40.3 Å². The molecule has 2 aromatic rings. The monoisotopic (exact) mass is 904 g/mol. The first-order valence-corrected chi connectivity index (χ1v) is 25.3. The van der Waals surface area contributed by atoms with Crippen molar-refractivity contribution >= 4 is 44.7 Å². The van der Waals surface area contributed by atoms with Crippen molar-refractivity contribution in [2.75, 3.05) is 46.0 Å². The smallest absolute Gasteiger partial charge is 0.408 e. The summed E-state index contributed by atoms with van der Waals surface area (Å²) in [6.07, 6.45) is 12.7. The van der Waals surface area contributed by atoms with Gasteiger partial charge in [-0.15, -0.1) is 0 Å². The molecule has 2 saturated heterocycles. The zero-order valence-electron chi connectivity index (χ0n) is 37.0. The van der Waals surface area contributed by atoms with Gasteiger partial charge in [0.1, 0.15) is 35.6 Å². The predicted molar refractivity (Wildman–Crippen MR) is 237 cm³/mol. The van der Waals surface area contributed by atoms with E-state index in [9.17, 15) is 27.6 Å². The van der Waals surface area contributed by atoms with Gasteiger partial charge in [-0.1, -0.05) is 50.0 Å². The molecule has 64 heavy (non-hydrogen) atoms. The minimum Gasteiger partial charge on any atom is -0.492 e. The molecule has 3 bridgehead atoms. The number of allylic oxidation sites excluding steroid dienone is 1. The summed E-state index contributed by atoms with van der Waals surface area (Å²) in [6, 6.07) is 5.77. The second-order valence-electron chi connectivity index (χ2n) is 19.3. The Labute approximate surface area is 376 Å². The number of pyridine rings is 1. The molecule has 3 aliphatic carbocycles. The van der Waals surface area contributed by atoms with Gasteiger partial charge in [-0.25, -0.2) is 18.2 Å². The standard InChI is InChI=1S/C47H64N6O10S/c1-46(19-20-46)64(58,59)51-44(56)47-29-32(47)14-7-3-2-4-9-18-37-43(55)53-30-33(28-38(53)41(54)50-47)62-42-35(16-8-5-6-13-31-27-39(31)63-45(57)49-37)40(34-15-10-11-17-36(34)48-42)61-24-12-21-52-22-25-60-26-23-52/h7,10-11,14-15,17,31-33,37-39H,2-6,8-9,12-13,16,18-30H2,1H3,(H,49,57)(H,50,54)(H,51,56)/t31-,32-,33-,37+,38+,39-,47-/m1/s1. The second kappa shape index (κ2) is 18.8. The van der Waals surface area contributed by atoms with Gasteiger partial charge < -0.3 is 34.5 Å². The Morgan fingerprint density at radius 3 is 2.62 bits per heavy atom. The molecule has 9 rings (SSSR count). The number of nitrogens with zero attached hydrogens (tertiary/aromatic N) is 3. The summed E-state index contributed by atoms with van der Waals surface area (Å²) in [5.41, 5.74) is 0.0274. The fourth-order valence-corrected chi connectivity index (χ4v) is 11.3. The maximum Gasteiger partial charge on any atom is 0.408 e. The van der Waals surface area contributed by atoms with Gasteiger partial charge in [0.05, 0.1) is 42.2 Å². The van der Waals surface area contributed by atoms with Crippen LogP contribution in [0.1, 0.15) is 109 Å². The zero-order chi connectivity index (χ0) is 44.5. The fourth-order valence-electron chi connectivity index (χ4n) is 9.94. The fraction of sp³-hybridized carbons (Fsp3) is 0.681. The quantitative estimate of drug-likeness (QED) is 0.245. The predicted octanol–water partition coefficient (Wildman–Crippen LogP) is 4.68. The van der Waals surface area contributed by atoms with E-state index in [1.165, 1.54) is 4.90 Å². The van der Waals surface area contributed by atoms with Crippen molar-refractivity contribution in [1.29, 1.82) is 0 Å².